The van der Waals surface area contributed by atoms with E-state index in [4.69, 9.17) is 20.5 Å². The first-order valence-electron chi connectivity index (χ1n) is 10.7. The largest absolute Gasteiger partial charge is 0.490 e. The van der Waals surface area contributed by atoms with E-state index in [1.807, 2.05) is 30.3 Å². The Balaban J connectivity index is 1.56. The van der Waals surface area contributed by atoms with Crippen LogP contribution in [-0.4, -0.2) is 27.1 Å². The summed E-state index contributed by atoms with van der Waals surface area (Å²) in [5, 5.41) is 5.79. The van der Waals surface area contributed by atoms with Crippen molar-refractivity contribution in [3.05, 3.63) is 101 Å². The van der Waals surface area contributed by atoms with E-state index in [1.165, 1.54) is 30.5 Å². The quantitative estimate of drug-likeness (QED) is 0.195. The summed E-state index contributed by atoms with van der Waals surface area (Å²) >= 11 is 6.35. The fraction of sp³-hybridized carbons (Fsp3) is 0.0769. The maximum Gasteiger partial charge on any atom is 0.339 e. The Morgan fingerprint density at radius 1 is 1.00 bits per heavy atom. The molecule has 0 unspecified atom stereocenters. The number of fused-ring (bicyclic) bond motifs is 1. The number of benzene rings is 4. The van der Waals surface area contributed by atoms with Crippen LogP contribution in [0.15, 0.2) is 94.9 Å². The molecule has 4 aromatic rings. The zero-order valence-corrected chi connectivity index (χ0v) is 20.2. The average Bonchev–Trinajstić information content (AvgIpc) is 2.86. The summed E-state index contributed by atoms with van der Waals surface area (Å²) < 4.78 is 36.2. The Morgan fingerprint density at radius 3 is 2.49 bits per heavy atom. The van der Waals surface area contributed by atoms with Crippen LogP contribution in [0.4, 0.5) is 0 Å². The minimum Gasteiger partial charge on any atom is -0.490 e. The average molecular weight is 509 g/mol. The molecule has 9 heteroatoms. The number of rotatable bonds is 8. The molecule has 0 heterocycles. The first kappa shape index (κ1) is 24.3. The molecule has 7 nitrogen and oxygen atoms in total. The van der Waals surface area contributed by atoms with Crippen molar-refractivity contribution >= 4 is 44.6 Å². The first-order valence-corrected chi connectivity index (χ1v) is 12.4. The molecular formula is C26H21ClN2O5S. The number of amides is 1. The number of carbonyl (C=O) groups excluding carboxylic acids is 1. The molecule has 4 rings (SSSR count). The lowest BCUT2D eigenvalue weighted by molar-refractivity contribution is 0.0956. The molecule has 0 bridgehead atoms. The second-order valence-corrected chi connectivity index (χ2v) is 9.29. The minimum absolute atomic E-state index is 0.0114. The molecule has 0 aliphatic rings. The smallest absolute Gasteiger partial charge is 0.339 e. The molecule has 35 heavy (non-hydrogen) atoms. The molecule has 0 atom stereocenters. The van der Waals surface area contributed by atoms with Crippen LogP contribution in [0.25, 0.3) is 10.8 Å². The van der Waals surface area contributed by atoms with E-state index >= 15 is 0 Å². The van der Waals surface area contributed by atoms with E-state index in [1.54, 1.807) is 37.3 Å². The van der Waals surface area contributed by atoms with Gasteiger partial charge >= 0.3 is 10.1 Å². The predicted molar refractivity (Wildman–Crippen MR) is 136 cm³/mol. The zero-order valence-electron chi connectivity index (χ0n) is 18.6. The monoisotopic (exact) mass is 508 g/mol. The summed E-state index contributed by atoms with van der Waals surface area (Å²) in [5.41, 5.74) is 3.47. The van der Waals surface area contributed by atoms with Crippen molar-refractivity contribution in [2.45, 2.75) is 11.8 Å². The van der Waals surface area contributed by atoms with Crippen LogP contribution >= 0.6 is 11.6 Å². The highest BCUT2D eigenvalue weighted by molar-refractivity contribution is 7.87. The SMILES string of the molecule is CCOc1cc(/C=N\NC(=O)c2cccc3ccccc23)cc(Cl)c1OS(=O)(=O)c1ccccc1. The van der Waals surface area contributed by atoms with Gasteiger partial charge in [0.1, 0.15) is 4.90 Å². The van der Waals surface area contributed by atoms with Crippen molar-refractivity contribution in [1.29, 1.82) is 0 Å². The third kappa shape index (κ3) is 5.62. The summed E-state index contributed by atoms with van der Waals surface area (Å²) in [7, 11) is -4.12. The van der Waals surface area contributed by atoms with Gasteiger partial charge in [-0.1, -0.05) is 66.2 Å². The molecule has 4 aromatic carbocycles. The first-order chi connectivity index (χ1) is 16.9. The van der Waals surface area contributed by atoms with Crippen molar-refractivity contribution in [3.8, 4) is 11.5 Å². The number of carbonyl (C=O) groups is 1. The lowest BCUT2D eigenvalue weighted by atomic mass is 10.0. The molecule has 0 fully saturated rings. The highest BCUT2D eigenvalue weighted by Crippen LogP contribution is 2.38. The number of nitrogens with zero attached hydrogens (tertiary/aromatic N) is 1. The normalized spacial score (nSPS) is 11.5. The van der Waals surface area contributed by atoms with Gasteiger partial charge in [0.2, 0.25) is 5.75 Å². The Kier molecular flexibility index (Phi) is 7.33. The molecule has 0 aliphatic heterocycles. The third-order valence-corrected chi connectivity index (χ3v) is 6.49. The maximum absolute atomic E-state index is 12.7. The number of hydrazone groups is 1. The van der Waals surface area contributed by atoms with E-state index in [-0.39, 0.29) is 33.9 Å². The zero-order chi connectivity index (χ0) is 24.8. The standard InChI is InChI=1S/C26H21ClN2O5S/c1-2-33-24-16-18(15-23(27)25(24)34-35(31,32)20-11-4-3-5-12-20)17-28-29-26(30)22-14-8-10-19-9-6-7-13-21(19)22/h3-17H,2H2,1H3,(H,29,30)/b28-17-. The van der Waals surface area contributed by atoms with Gasteiger partial charge in [0.25, 0.3) is 5.91 Å². The van der Waals surface area contributed by atoms with Crippen molar-refractivity contribution in [1.82, 2.24) is 5.43 Å². The topological polar surface area (TPSA) is 94.1 Å². The van der Waals surface area contributed by atoms with Crippen LogP contribution in [0, 0.1) is 0 Å². The maximum atomic E-state index is 12.7. The highest BCUT2D eigenvalue weighted by atomic mass is 35.5. The molecular weight excluding hydrogens is 488 g/mol. The fourth-order valence-corrected chi connectivity index (χ4v) is 4.68. The molecule has 178 valence electrons. The minimum atomic E-state index is -4.12. The van der Waals surface area contributed by atoms with Gasteiger partial charge in [0, 0.05) is 5.56 Å². The van der Waals surface area contributed by atoms with E-state index in [0.29, 0.717) is 11.1 Å². The van der Waals surface area contributed by atoms with E-state index in [0.717, 1.165) is 10.8 Å². The van der Waals surface area contributed by atoms with Crippen LogP contribution in [-0.2, 0) is 10.1 Å². The Labute approximate surface area is 208 Å². The highest BCUT2D eigenvalue weighted by Gasteiger charge is 2.22. The van der Waals surface area contributed by atoms with Crippen LogP contribution in [0.3, 0.4) is 0 Å². The molecule has 0 aromatic heterocycles. The Bertz CT molecular complexity index is 1500. The summed E-state index contributed by atoms with van der Waals surface area (Å²) in [5.74, 6) is -0.376. The molecule has 1 N–H and O–H groups in total. The second-order valence-electron chi connectivity index (χ2n) is 7.34. The van der Waals surface area contributed by atoms with Gasteiger partial charge in [-0.2, -0.15) is 13.5 Å². The van der Waals surface area contributed by atoms with Gasteiger partial charge in [-0.3, -0.25) is 4.79 Å². The van der Waals surface area contributed by atoms with E-state index in [2.05, 4.69) is 10.5 Å². The fourth-order valence-electron chi connectivity index (χ4n) is 3.40. The van der Waals surface area contributed by atoms with Crippen LogP contribution < -0.4 is 14.3 Å². The Hall–Kier alpha value is -3.88. The Morgan fingerprint density at radius 2 is 1.71 bits per heavy atom. The molecule has 0 spiro atoms. The van der Waals surface area contributed by atoms with Crippen molar-refractivity contribution < 1.29 is 22.1 Å². The van der Waals surface area contributed by atoms with Crippen LogP contribution in [0.1, 0.15) is 22.8 Å². The van der Waals surface area contributed by atoms with Gasteiger partial charge in [-0.05, 0) is 53.6 Å². The van der Waals surface area contributed by atoms with Gasteiger partial charge in [0.15, 0.2) is 5.75 Å². The number of ether oxygens (including phenoxy) is 1. The van der Waals surface area contributed by atoms with E-state index in [9.17, 15) is 13.2 Å². The summed E-state index contributed by atoms with van der Waals surface area (Å²) in [6.07, 6.45) is 1.38. The number of hydrogen-bond donors (Lipinski definition) is 1. The molecule has 0 saturated heterocycles. The van der Waals surface area contributed by atoms with Crippen molar-refractivity contribution in [2.24, 2.45) is 5.10 Å². The third-order valence-electron chi connectivity index (χ3n) is 4.97. The second kappa shape index (κ2) is 10.6. The number of hydrogen-bond acceptors (Lipinski definition) is 6. The summed E-state index contributed by atoms with van der Waals surface area (Å²) in [6.45, 7) is 1.99. The van der Waals surface area contributed by atoms with Crippen LogP contribution in [0.2, 0.25) is 5.02 Å². The van der Waals surface area contributed by atoms with E-state index < -0.39 is 10.1 Å². The predicted octanol–water partition coefficient (Wildman–Crippen LogP) is 5.42. The molecule has 1 amide bonds. The molecule has 0 aliphatic carbocycles. The van der Waals surface area contributed by atoms with Crippen molar-refractivity contribution in [2.75, 3.05) is 6.61 Å². The van der Waals surface area contributed by atoms with Gasteiger partial charge in [-0.25, -0.2) is 5.43 Å². The molecule has 0 saturated carbocycles. The number of halogens is 1. The lowest BCUT2D eigenvalue weighted by Gasteiger charge is -2.14. The van der Waals surface area contributed by atoms with Gasteiger partial charge in [0.05, 0.1) is 17.8 Å². The lowest BCUT2D eigenvalue weighted by Crippen LogP contribution is -2.18. The van der Waals surface area contributed by atoms with Crippen LogP contribution in [0.5, 0.6) is 11.5 Å². The van der Waals surface area contributed by atoms with Gasteiger partial charge in [-0.15, -0.1) is 0 Å². The molecule has 0 radical (unpaired) electrons. The van der Waals surface area contributed by atoms with Crippen molar-refractivity contribution in [3.63, 3.8) is 0 Å². The summed E-state index contributed by atoms with van der Waals surface area (Å²) in [6, 6.07) is 23.7. The van der Waals surface area contributed by atoms with Gasteiger partial charge < -0.3 is 8.92 Å². The summed E-state index contributed by atoms with van der Waals surface area (Å²) in [4.78, 5) is 12.7. The number of nitrogens with one attached hydrogen (secondary N) is 1.